The summed E-state index contributed by atoms with van der Waals surface area (Å²) in [4.78, 5) is 40.8. The first-order valence-electron chi connectivity index (χ1n) is 16.8. The van der Waals surface area contributed by atoms with Crippen LogP contribution in [0.15, 0.2) is 84.6 Å². The molecule has 3 aromatic rings. The van der Waals surface area contributed by atoms with Crippen molar-refractivity contribution in [3.8, 4) is 0 Å². The van der Waals surface area contributed by atoms with Gasteiger partial charge in [-0.3, -0.25) is 4.79 Å². The lowest BCUT2D eigenvalue weighted by atomic mass is 9.64. The number of nitrogens with zero attached hydrogens (tertiary/aromatic N) is 2. The summed E-state index contributed by atoms with van der Waals surface area (Å²) in [6, 6.07) is 20.2. The quantitative estimate of drug-likeness (QED) is 0.141. The Morgan fingerprint density at radius 2 is 1.74 bits per heavy atom. The van der Waals surface area contributed by atoms with Crippen LogP contribution in [0.4, 0.5) is 0 Å². The number of hydrogen-bond donors (Lipinski definition) is 0. The third-order valence-corrected chi connectivity index (χ3v) is 10.7. The van der Waals surface area contributed by atoms with Crippen LogP contribution >= 0.6 is 0 Å². The molecule has 6 rings (SSSR count). The summed E-state index contributed by atoms with van der Waals surface area (Å²) >= 11 is 0. The summed E-state index contributed by atoms with van der Waals surface area (Å²) in [5.74, 6) is -0.671. The van der Waals surface area contributed by atoms with E-state index in [2.05, 4.69) is 72.7 Å². The number of hydrogen-bond acceptors (Lipinski definition) is 7. The number of para-hydroxylation sites is 1. The van der Waals surface area contributed by atoms with Gasteiger partial charge in [-0.15, -0.1) is 0 Å². The first kappa shape index (κ1) is 32.6. The van der Waals surface area contributed by atoms with Crippen molar-refractivity contribution in [1.29, 1.82) is 0 Å². The van der Waals surface area contributed by atoms with Gasteiger partial charge in [-0.25, -0.2) is 9.59 Å². The molecule has 8 heteroatoms. The molecule has 47 heavy (non-hydrogen) atoms. The second kappa shape index (κ2) is 13.4. The molecule has 1 saturated carbocycles. The van der Waals surface area contributed by atoms with E-state index in [0.717, 1.165) is 41.4 Å². The zero-order chi connectivity index (χ0) is 33.3. The molecule has 0 radical (unpaired) electrons. The third kappa shape index (κ3) is 6.47. The maximum absolute atomic E-state index is 14.8. The molecule has 0 N–H and O–H groups in total. The van der Waals surface area contributed by atoms with Crippen molar-refractivity contribution in [2.45, 2.75) is 77.0 Å². The van der Waals surface area contributed by atoms with E-state index >= 15 is 0 Å². The van der Waals surface area contributed by atoms with Crippen LogP contribution in [0, 0.1) is 17.8 Å². The van der Waals surface area contributed by atoms with Crippen LogP contribution in [0.2, 0.25) is 0 Å². The summed E-state index contributed by atoms with van der Waals surface area (Å²) < 4.78 is 19.1. The number of ether oxygens (including phenoxy) is 3. The summed E-state index contributed by atoms with van der Waals surface area (Å²) in [7, 11) is 1.35. The van der Waals surface area contributed by atoms with E-state index in [1.165, 1.54) is 25.7 Å². The van der Waals surface area contributed by atoms with Gasteiger partial charge < -0.3 is 23.7 Å². The average Bonchev–Trinajstić information content (AvgIpc) is 3.44. The standard InChI is InChI=1S/C39H46N2O6/c1-25-15-17-31(39(3,4)29-12-7-6-8-13-29)35(21-25)47-38(44)37-30-23-33(34-22-27-11-9-10-14-32(27)41(34)37)40(19-20-46-26(2)42)24-28(30)16-18-36(43)45-5/h6-14,16,18,22,24-25,30-31,33,35,37H,15,17,19-21,23H2,1-5H3/b18-16+/t25-,30-,31-,33-,35-,37+/m1/s1. The van der Waals surface area contributed by atoms with Crippen molar-refractivity contribution in [3.05, 3.63) is 95.8 Å². The number of aromatic nitrogens is 1. The van der Waals surface area contributed by atoms with E-state index in [0.29, 0.717) is 18.9 Å². The molecule has 8 nitrogen and oxygen atoms in total. The highest BCUT2D eigenvalue weighted by atomic mass is 16.5. The SMILES string of the molecule is COC(=O)/C=C/C1=CN(CCOC(C)=O)[C@@H]2C[C@H]1[C@@H](C(=O)O[C@@H]1C[C@H](C)CC[C@H]1C(C)(C)c1ccccc1)n1c2cc2ccccc21. The topological polar surface area (TPSA) is 87.1 Å². The van der Waals surface area contributed by atoms with Crippen LogP contribution in [0.25, 0.3) is 10.9 Å². The maximum atomic E-state index is 14.8. The van der Waals surface area contributed by atoms with Crippen LogP contribution in [-0.2, 0) is 34.0 Å². The average molecular weight is 639 g/mol. The van der Waals surface area contributed by atoms with E-state index in [9.17, 15) is 14.4 Å². The Kier molecular flexibility index (Phi) is 9.31. The molecule has 248 valence electrons. The van der Waals surface area contributed by atoms with E-state index in [1.54, 1.807) is 6.08 Å². The molecule has 0 spiro atoms. The van der Waals surface area contributed by atoms with Gasteiger partial charge >= 0.3 is 17.9 Å². The zero-order valence-corrected chi connectivity index (χ0v) is 28.1. The Morgan fingerprint density at radius 1 is 1.00 bits per heavy atom. The molecular formula is C39H46N2O6. The number of allylic oxidation sites excluding steroid dienone is 2. The van der Waals surface area contributed by atoms with Crippen molar-refractivity contribution in [1.82, 2.24) is 9.47 Å². The molecule has 0 amide bonds. The fourth-order valence-corrected chi connectivity index (χ4v) is 8.20. The molecule has 0 saturated heterocycles. The molecule has 3 heterocycles. The molecule has 1 fully saturated rings. The Labute approximate surface area is 277 Å². The first-order chi connectivity index (χ1) is 22.6. The van der Waals surface area contributed by atoms with Crippen LogP contribution in [0.1, 0.15) is 76.7 Å². The van der Waals surface area contributed by atoms with E-state index in [-0.39, 0.29) is 47.9 Å². The van der Waals surface area contributed by atoms with Gasteiger partial charge in [0.25, 0.3) is 0 Å². The van der Waals surface area contributed by atoms with Crippen molar-refractivity contribution < 1.29 is 28.6 Å². The molecule has 6 atom stereocenters. The maximum Gasteiger partial charge on any atom is 0.330 e. The van der Waals surface area contributed by atoms with Crippen LogP contribution in [-0.4, -0.2) is 53.7 Å². The Morgan fingerprint density at radius 3 is 2.49 bits per heavy atom. The van der Waals surface area contributed by atoms with Gasteiger partial charge in [0.2, 0.25) is 0 Å². The molecule has 1 aliphatic carbocycles. The molecule has 3 aliphatic rings. The second-order valence-corrected chi connectivity index (χ2v) is 14.0. The van der Waals surface area contributed by atoms with Crippen LogP contribution in [0.5, 0.6) is 0 Å². The first-order valence-corrected chi connectivity index (χ1v) is 16.8. The predicted molar refractivity (Wildman–Crippen MR) is 180 cm³/mol. The molecule has 1 aromatic heterocycles. The van der Waals surface area contributed by atoms with Gasteiger partial charge in [-0.2, -0.15) is 0 Å². The third-order valence-electron chi connectivity index (χ3n) is 10.7. The van der Waals surface area contributed by atoms with Crippen molar-refractivity contribution in [3.63, 3.8) is 0 Å². The van der Waals surface area contributed by atoms with Gasteiger partial charge in [0.1, 0.15) is 18.8 Å². The predicted octanol–water partition coefficient (Wildman–Crippen LogP) is 7.06. The fourth-order valence-electron chi connectivity index (χ4n) is 8.20. The van der Waals surface area contributed by atoms with E-state index < -0.39 is 12.0 Å². The Hall–Kier alpha value is -4.33. The normalized spacial score (nSPS) is 25.6. The zero-order valence-electron chi connectivity index (χ0n) is 28.1. The van der Waals surface area contributed by atoms with Crippen LogP contribution < -0.4 is 0 Å². The number of fused-ring (bicyclic) bond motifs is 6. The summed E-state index contributed by atoms with van der Waals surface area (Å²) in [6.07, 6.45) is 8.49. The lowest BCUT2D eigenvalue weighted by Gasteiger charge is -2.48. The number of rotatable bonds is 9. The van der Waals surface area contributed by atoms with E-state index in [1.807, 2.05) is 24.4 Å². The molecule has 2 bridgehead atoms. The largest absolute Gasteiger partial charge is 0.466 e. The molecule has 0 unspecified atom stereocenters. The number of esters is 3. The van der Waals surface area contributed by atoms with Gasteiger partial charge in [-0.1, -0.05) is 75.7 Å². The highest BCUT2D eigenvalue weighted by Gasteiger charge is 2.48. The van der Waals surface area contributed by atoms with Crippen molar-refractivity contribution in [2.24, 2.45) is 17.8 Å². The highest BCUT2D eigenvalue weighted by Crippen LogP contribution is 2.51. The summed E-state index contributed by atoms with van der Waals surface area (Å²) in [5.41, 5.74) is 3.89. The van der Waals surface area contributed by atoms with Crippen molar-refractivity contribution in [2.75, 3.05) is 20.3 Å². The Balaban J connectivity index is 1.40. The highest BCUT2D eigenvalue weighted by molar-refractivity contribution is 5.86. The van der Waals surface area contributed by atoms with Gasteiger partial charge in [-0.05, 0) is 65.3 Å². The van der Waals surface area contributed by atoms with E-state index in [4.69, 9.17) is 14.2 Å². The lowest BCUT2D eigenvalue weighted by Crippen LogP contribution is -2.47. The van der Waals surface area contributed by atoms with Crippen molar-refractivity contribution >= 4 is 28.8 Å². The molecular weight excluding hydrogens is 592 g/mol. The monoisotopic (exact) mass is 638 g/mol. The summed E-state index contributed by atoms with van der Waals surface area (Å²) in [5, 5.41) is 1.05. The number of carbonyl (C=O) groups excluding carboxylic acids is 3. The minimum Gasteiger partial charge on any atom is -0.466 e. The lowest BCUT2D eigenvalue weighted by molar-refractivity contribution is -0.163. The van der Waals surface area contributed by atoms with Gasteiger partial charge in [0.05, 0.1) is 19.7 Å². The fraction of sp³-hybridized carbons (Fsp3) is 0.462. The minimum atomic E-state index is -0.622. The number of benzene rings is 2. The van der Waals surface area contributed by atoms with Gasteiger partial charge in [0, 0.05) is 42.2 Å². The number of methoxy groups -OCH3 is 1. The van der Waals surface area contributed by atoms with Gasteiger partial charge in [0.15, 0.2) is 0 Å². The molecule has 2 aromatic carbocycles. The Bertz CT molecular complexity index is 1690. The number of carbonyl (C=O) groups is 3. The molecule has 2 aliphatic heterocycles. The second-order valence-electron chi connectivity index (χ2n) is 14.0. The summed E-state index contributed by atoms with van der Waals surface area (Å²) in [6.45, 7) is 8.90. The smallest absolute Gasteiger partial charge is 0.330 e. The van der Waals surface area contributed by atoms with Crippen LogP contribution in [0.3, 0.4) is 0 Å². The minimum absolute atomic E-state index is 0.0539.